The number of Topliss-reactive ketones (excluding diaryl/α,β-unsaturated/α-hetero) is 1. The first-order valence-electron chi connectivity index (χ1n) is 12.0. The summed E-state index contributed by atoms with van der Waals surface area (Å²) in [7, 11) is 0. The van der Waals surface area contributed by atoms with Crippen molar-refractivity contribution in [3.63, 3.8) is 0 Å². The number of anilines is 1. The zero-order valence-electron chi connectivity index (χ0n) is 20.2. The van der Waals surface area contributed by atoms with Crippen molar-refractivity contribution in [2.75, 3.05) is 11.9 Å². The van der Waals surface area contributed by atoms with Gasteiger partial charge >= 0.3 is 6.18 Å². The number of rotatable bonds is 9. The van der Waals surface area contributed by atoms with Crippen LogP contribution in [0.25, 0.3) is 0 Å². The van der Waals surface area contributed by atoms with E-state index in [0.717, 1.165) is 25.1 Å². The fourth-order valence-electron chi connectivity index (χ4n) is 4.00. The molecule has 14 heteroatoms. The van der Waals surface area contributed by atoms with E-state index in [-0.39, 0.29) is 40.2 Å². The fraction of sp³-hybridized carbons (Fsp3) is 0.360. The molecule has 1 saturated carbocycles. The van der Waals surface area contributed by atoms with E-state index >= 15 is 0 Å². The Hall–Kier alpha value is -4.00. The molecule has 1 aliphatic carbocycles. The SMILES string of the molecule is O=C(NC1CC1)C(=O)[C@H](C[C@@H]1CCNC1=O)NC(=O)c1cc(Cl)ccc1NC(=O)c1ccnc(C(F)(F)F)c1. The Balaban J connectivity index is 1.56. The summed E-state index contributed by atoms with van der Waals surface area (Å²) in [6, 6.07) is 3.95. The summed E-state index contributed by atoms with van der Waals surface area (Å²) in [5, 5.41) is 10.1. The minimum atomic E-state index is -4.77. The monoisotopic (exact) mass is 565 g/mol. The van der Waals surface area contributed by atoms with E-state index in [1.54, 1.807) is 0 Å². The highest BCUT2D eigenvalue weighted by Gasteiger charge is 2.36. The Labute approximate surface area is 225 Å². The Kier molecular flexibility index (Phi) is 8.19. The number of ketones is 1. The molecular formula is C25H23ClF3N5O5. The number of alkyl halides is 3. The van der Waals surface area contributed by atoms with Gasteiger partial charge in [0.25, 0.3) is 17.7 Å². The van der Waals surface area contributed by atoms with Crippen molar-refractivity contribution in [1.82, 2.24) is 20.9 Å². The molecule has 1 aromatic heterocycles. The van der Waals surface area contributed by atoms with Crippen molar-refractivity contribution in [2.45, 2.75) is 43.9 Å². The first-order valence-corrected chi connectivity index (χ1v) is 12.4. The first-order chi connectivity index (χ1) is 18.4. The lowest BCUT2D eigenvalue weighted by Crippen LogP contribution is -2.49. The normalized spacial score (nSPS) is 17.6. The van der Waals surface area contributed by atoms with Gasteiger partial charge in [0.05, 0.1) is 17.3 Å². The van der Waals surface area contributed by atoms with Crippen LogP contribution in [-0.2, 0) is 20.6 Å². The number of pyridine rings is 1. The lowest BCUT2D eigenvalue weighted by atomic mass is 9.95. The predicted octanol–water partition coefficient (Wildman–Crippen LogP) is 2.48. The summed E-state index contributed by atoms with van der Waals surface area (Å²) in [6.07, 6.45) is -2.20. The fourth-order valence-corrected chi connectivity index (χ4v) is 4.17. The van der Waals surface area contributed by atoms with Crippen LogP contribution in [0.2, 0.25) is 5.02 Å². The van der Waals surface area contributed by atoms with E-state index < -0.39 is 47.3 Å². The molecule has 39 heavy (non-hydrogen) atoms. The quantitative estimate of drug-likeness (QED) is 0.344. The van der Waals surface area contributed by atoms with Crippen molar-refractivity contribution < 1.29 is 37.1 Å². The zero-order chi connectivity index (χ0) is 28.3. The summed E-state index contributed by atoms with van der Waals surface area (Å²) in [4.78, 5) is 66.7. The summed E-state index contributed by atoms with van der Waals surface area (Å²) in [6.45, 7) is 0.391. The van der Waals surface area contributed by atoms with Crippen LogP contribution in [0.15, 0.2) is 36.5 Å². The summed E-state index contributed by atoms with van der Waals surface area (Å²) in [5.74, 6) is -4.59. The van der Waals surface area contributed by atoms with Gasteiger partial charge in [-0.3, -0.25) is 29.0 Å². The zero-order valence-corrected chi connectivity index (χ0v) is 21.0. The molecule has 2 fully saturated rings. The van der Waals surface area contributed by atoms with Crippen molar-refractivity contribution in [2.24, 2.45) is 5.92 Å². The molecule has 1 aromatic carbocycles. The maximum absolute atomic E-state index is 13.3. The predicted molar refractivity (Wildman–Crippen MR) is 132 cm³/mol. The maximum atomic E-state index is 13.3. The number of carbonyl (C=O) groups is 5. The van der Waals surface area contributed by atoms with Crippen LogP contribution in [0.5, 0.6) is 0 Å². The Morgan fingerprint density at radius 3 is 2.46 bits per heavy atom. The molecule has 2 aliphatic rings. The summed E-state index contributed by atoms with van der Waals surface area (Å²) >= 11 is 6.05. The highest BCUT2D eigenvalue weighted by Crippen LogP contribution is 2.28. The lowest BCUT2D eigenvalue weighted by Gasteiger charge is -2.21. The van der Waals surface area contributed by atoms with Crippen LogP contribution in [0, 0.1) is 5.92 Å². The molecule has 2 heterocycles. The summed E-state index contributed by atoms with van der Waals surface area (Å²) in [5.41, 5.74) is -1.96. The van der Waals surface area contributed by atoms with E-state index in [1.165, 1.54) is 18.2 Å². The van der Waals surface area contributed by atoms with Crippen molar-refractivity contribution >= 4 is 46.7 Å². The Morgan fingerprint density at radius 2 is 1.82 bits per heavy atom. The Bertz CT molecular complexity index is 1330. The van der Waals surface area contributed by atoms with Gasteiger partial charge in [-0.05, 0) is 56.0 Å². The molecule has 2 atom stereocenters. The van der Waals surface area contributed by atoms with Crippen LogP contribution in [-0.4, -0.2) is 53.0 Å². The van der Waals surface area contributed by atoms with Crippen molar-refractivity contribution in [1.29, 1.82) is 0 Å². The second-order valence-electron chi connectivity index (χ2n) is 9.22. The van der Waals surface area contributed by atoms with Crippen molar-refractivity contribution in [3.8, 4) is 0 Å². The number of carbonyl (C=O) groups excluding carboxylic acids is 5. The van der Waals surface area contributed by atoms with Crippen LogP contribution >= 0.6 is 11.6 Å². The molecule has 1 aliphatic heterocycles. The number of nitrogens with zero attached hydrogens (tertiary/aromatic N) is 1. The topological polar surface area (TPSA) is 146 Å². The highest BCUT2D eigenvalue weighted by molar-refractivity contribution is 6.38. The number of benzene rings is 1. The van der Waals surface area contributed by atoms with Gasteiger partial charge in [-0.2, -0.15) is 13.2 Å². The molecule has 0 radical (unpaired) electrons. The van der Waals surface area contributed by atoms with E-state index in [2.05, 4.69) is 26.3 Å². The van der Waals surface area contributed by atoms with E-state index in [9.17, 15) is 37.1 Å². The molecule has 4 amide bonds. The smallest absolute Gasteiger partial charge is 0.356 e. The average Bonchev–Trinajstić information content (AvgIpc) is 3.62. The second kappa shape index (κ2) is 11.4. The minimum Gasteiger partial charge on any atom is -0.356 e. The number of nitrogens with one attached hydrogen (secondary N) is 4. The number of amides is 4. The second-order valence-corrected chi connectivity index (χ2v) is 9.66. The standard InChI is InChI=1S/C25H23ClF3N5O5/c26-14-1-4-17(33-22(37)13-5-7-30-19(10-13)25(27,28)29)16(11-14)23(38)34-18(9-12-6-8-31-21(12)36)20(35)24(39)32-15-2-3-15/h1,4-5,7,10-12,15,18H,2-3,6,8-9H2,(H,31,36)(H,32,39)(H,33,37)(H,34,38)/t12-,18-/m0/s1. The molecule has 1 saturated heterocycles. The highest BCUT2D eigenvalue weighted by atomic mass is 35.5. The molecule has 4 N–H and O–H groups in total. The third kappa shape index (κ3) is 7.11. The number of hydrogen-bond acceptors (Lipinski definition) is 6. The van der Waals surface area contributed by atoms with Crippen molar-refractivity contribution in [3.05, 3.63) is 58.4 Å². The number of aromatic nitrogens is 1. The molecule has 2 aromatic rings. The van der Waals surface area contributed by atoms with Crippen LogP contribution in [0.4, 0.5) is 18.9 Å². The van der Waals surface area contributed by atoms with Gasteiger partial charge in [0.2, 0.25) is 11.7 Å². The minimum absolute atomic E-state index is 0.0888. The van der Waals surface area contributed by atoms with E-state index in [4.69, 9.17) is 11.6 Å². The molecule has 0 spiro atoms. The van der Waals surface area contributed by atoms with Gasteiger partial charge in [0, 0.05) is 35.3 Å². The van der Waals surface area contributed by atoms with Crippen LogP contribution in [0.1, 0.15) is 52.1 Å². The molecule has 0 bridgehead atoms. The van der Waals surface area contributed by atoms with Gasteiger partial charge < -0.3 is 21.3 Å². The third-order valence-corrected chi connectivity index (χ3v) is 6.46. The molecule has 206 valence electrons. The van der Waals surface area contributed by atoms with Gasteiger partial charge in [0.1, 0.15) is 5.69 Å². The van der Waals surface area contributed by atoms with Gasteiger partial charge in [-0.15, -0.1) is 0 Å². The van der Waals surface area contributed by atoms with Gasteiger partial charge in [-0.25, -0.2) is 0 Å². The van der Waals surface area contributed by atoms with E-state index in [0.29, 0.717) is 19.0 Å². The Morgan fingerprint density at radius 1 is 1.08 bits per heavy atom. The van der Waals surface area contributed by atoms with Crippen LogP contribution in [0.3, 0.4) is 0 Å². The summed E-state index contributed by atoms with van der Waals surface area (Å²) < 4.78 is 39.0. The largest absolute Gasteiger partial charge is 0.433 e. The average molecular weight is 566 g/mol. The lowest BCUT2D eigenvalue weighted by molar-refractivity contribution is -0.141. The molecule has 10 nitrogen and oxygen atoms in total. The first kappa shape index (κ1) is 28.0. The molecular weight excluding hydrogens is 543 g/mol. The van der Waals surface area contributed by atoms with Gasteiger partial charge in [-0.1, -0.05) is 11.6 Å². The number of hydrogen-bond donors (Lipinski definition) is 4. The van der Waals surface area contributed by atoms with Gasteiger partial charge in [0.15, 0.2) is 0 Å². The van der Waals surface area contributed by atoms with Crippen LogP contribution < -0.4 is 21.3 Å². The maximum Gasteiger partial charge on any atom is 0.433 e. The van der Waals surface area contributed by atoms with E-state index in [1.807, 2.05) is 0 Å². The third-order valence-electron chi connectivity index (χ3n) is 6.23. The number of halogens is 4. The molecule has 4 rings (SSSR count). The molecule has 0 unspecified atom stereocenters.